The van der Waals surface area contributed by atoms with E-state index >= 15 is 0 Å². The van der Waals surface area contributed by atoms with Gasteiger partial charge in [0.05, 0.1) is 11.4 Å². The SMILES string of the molecule is Cc1cc(N2CCC(C(N)=O)CC2)c2nncn2n1. The first kappa shape index (κ1) is 11.9. The zero-order valence-electron chi connectivity index (χ0n) is 10.8. The van der Waals surface area contributed by atoms with Gasteiger partial charge in [-0.2, -0.15) is 9.61 Å². The van der Waals surface area contributed by atoms with Crippen molar-refractivity contribution in [2.45, 2.75) is 19.8 Å². The fraction of sp³-hybridized carbons (Fsp3) is 0.500. The number of amides is 1. The first-order chi connectivity index (χ1) is 9.15. The van der Waals surface area contributed by atoms with E-state index in [9.17, 15) is 4.79 Å². The number of carbonyl (C=O) groups is 1. The van der Waals surface area contributed by atoms with Crippen molar-refractivity contribution in [3.05, 3.63) is 18.1 Å². The summed E-state index contributed by atoms with van der Waals surface area (Å²) >= 11 is 0. The van der Waals surface area contributed by atoms with Crippen LogP contribution in [0.15, 0.2) is 12.4 Å². The van der Waals surface area contributed by atoms with Gasteiger partial charge < -0.3 is 10.6 Å². The van der Waals surface area contributed by atoms with Gasteiger partial charge in [-0.15, -0.1) is 10.2 Å². The maximum Gasteiger partial charge on any atom is 0.220 e. The lowest BCUT2D eigenvalue weighted by Crippen LogP contribution is -2.38. The molecule has 0 aromatic carbocycles. The van der Waals surface area contributed by atoms with Crippen LogP contribution in [0.25, 0.3) is 5.65 Å². The number of nitrogens with two attached hydrogens (primary N) is 1. The summed E-state index contributed by atoms with van der Waals surface area (Å²) in [5, 5.41) is 12.3. The van der Waals surface area contributed by atoms with Crippen LogP contribution in [0.3, 0.4) is 0 Å². The molecule has 7 heteroatoms. The molecule has 1 aliphatic heterocycles. The Morgan fingerprint density at radius 2 is 2.16 bits per heavy atom. The molecular weight excluding hydrogens is 244 g/mol. The molecule has 19 heavy (non-hydrogen) atoms. The third kappa shape index (κ3) is 2.11. The maximum absolute atomic E-state index is 11.2. The summed E-state index contributed by atoms with van der Waals surface area (Å²) in [4.78, 5) is 13.4. The molecule has 1 saturated heterocycles. The van der Waals surface area contributed by atoms with Gasteiger partial charge in [0.25, 0.3) is 0 Å². The highest BCUT2D eigenvalue weighted by molar-refractivity contribution is 5.77. The second kappa shape index (κ2) is 4.49. The fourth-order valence-electron chi connectivity index (χ4n) is 2.57. The lowest BCUT2D eigenvalue weighted by atomic mass is 9.96. The molecule has 3 heterocycles. The van der Waals surface area contributed by atoms with E-state index in [4.69, 9.17) is 5.73 Å². The fourth-order valence-corrected chi connectivity index (χ4v) is 2.57. The van der Waals surface area contributed by atoms with E-state index in [2.05, 4.69) is 20.2 Å². The molecule has 2 N–H and O–H groups in total. The van der Waals surface area contributed by atoms with Crippen LogP contribution in [0, 0.1) is 12.8 Å². The maximum atomic E-state index is 11.2. The molecule has 0 spiro atoms. The van der Waals surface area contributed by atoms with Crippen molar-refractivity contribution in [2.75, 3.05) is 18.0 Å². The molecule has 7 nitrogen and oxygen atoms in total. The second-order valence-electron chi connectivity index (χ2n) is 4.93. The Bertz CT molecular complexity index is 614. The topological polar surface area (TPSA) is 89.4 Å². The molecule has 0 atom stereocenters. The van der Waals surface area contributed by atoms with Crippen LogP contribution < -0.4 is 10.6 Å². The van der Waals surface area contributed by atoms with Crippen molar-refractivity contribution in [1.82, 2.24) is 19.8 Å². The quantitative estimate of drug-likeness (QED) is 0.829. The number of piperidine rings is 1. The van der Waals surface area contributed by atoms with Crippen molar-refractivity contribution in [2.24, 2.45) is 11.7 Å². The molecule has 2 aromatic heterocycles. The van der Waals surface area contributed by atoms with Crippen molar-refractivity contribution in [3.63, 3.8) is 0 Å². The highest BCUT2D eigenvalue weighted by Crippen LogP contribution is 2.26. The van der Waals surface area contributed by atoms with E-state index in [0.29, 0.717) is 0 Å². The molecule has 0 radical (unpaired) electrons. The molecule has 3 rings (SSSR count). The van der Waals surface area contributed by atoms with Crippen LogP contribution in [0.5, 0.6) is 0 Å². The van der Waals surface area contributed by atoms with Crippen molar-refractivity contribution in [1.29, 1.82) is 0 Å². The van der Waals surface area contributed by atoms with Crippen molar-refractivity contribution in [3.8, 4) is 0 Å². The minimum absolute atomic E-state index is 0.00641. The Kier molecular flexibility index (Phi) is 2.81. The molecule has 2 aromatic rings. The van der Waals surface area contributed by atoms with Gasteiger partial charge >= 0.3 is 0 Å². The number of fused-ring (bicyclic) bond motifs is 1. The summed E-state index contributed by atoms with van der Waals surface area (Å²) < 4.78 is 1.69. The number of hydrogen-bond acceptors (Lipinski definition) is 5. The lowest BCUT2D eigenvalue weighted by Gasteiger charge is -2.32. The molecule has 100 valence electrons. The summed E-state index contributed by atoms with van der Waals surface area (Å²) in [5.41, 5.74) is 8.05. The van der Waals surface area contributed by atoms with Crippen LogP contribution >= 0.6 is 0 Å². The summed E-state index contributed by atoms with van der Waals surface area (Å²) in [6, 6.07) is 2.01. The Morgan fingerprint density at radius 1 is 1.42 bits per heavy atom. The van der Waals surface area contributed by atoms with Crippen LogP contribution in [-0.4, -0.2) is 38.8 Å². The lowest BCUT2D eigenvalue weighted by molar-refractivity contribution is -0.122. The molecule has 1 amide bonds. The first-order valence-corrected chi connectivity index (χ1v) is 6.37. The number of rotatable bonds is 2. The zero-order valence-corrected chi connectivity index (χ0v) is 10.8. The van der Waals surface area contributed by atoms with Gasteiger partial charge in [0, 0.05) is 19.0 Å². The summed E-state index contributed by atoms with van der Waals surface area (Å²) in [7, 11) is 0. The summed E-state index contributed by atoms with van der Waals surface area (Å²) in [6.07, 6.45) is 3.18. The predicted octanol–water partition coefficient (Wildman–Crippen LogP) is 0.134. The number of aryl methyl sites for hydroxylation is 1. The normalized spacial score (nSPS) is 17.0. The highest BCUT2D eigenvalue weighted by Gasteiger charge is 2.25. The smallest absolute Gasteiger partial charge is 0.220 e. The van der Waals surface area contributed by atoms with E-state index in [1.165, 1.54) is 0 Å². The minimum atomic E-state index is -0.196. The predicted molar refractivity (Wildman–Crippen MR) is 69.7 cm³/mol. The van der Waals surface area contributed by atoms with Gasteiger partial charge in [0.2, 0.25) is 11.6 Å². The molecule has 0 aliphatic carbocycles. The zero-order chi connectivity index (χ0) is 13.4. The van der Waals surface area contributed by atoms with E-state index in [-0.39, 0.29) is 11.8 Å². The number of nitrogens with zero attached hydrogens (tertiary/aromatic N) is 5. The molecule has 0 bridgehead atoms. The summed E-state index contributed by atoms with van der Waals surface area (Å²) in [5.74, 6) is -0.203. The third-order valence-corrected chi connectivity index (χ3v) is 3.61. The van der Waals surface area contributed by atoms with E-state index < -0.39 is 0 Å². The van der Waals surface area contributed by atoms with Crippen LogP contribution in [0.4, 0.5) is 5.69 Å². The average molecular weight is 260 g/mol. The summed E-state index contributed by atoms with van der Waals surface area (Å²) in [6.45, 7) is 3.55. The van der Waals surface area contributed by atoms with Gasteiger partial charge in [-0.3, -0.25) is 4.79 Å². The van der Waals surface area contributed by atoms with E-state index in [1.54, 1.807) is 10.8 Å². The van der Waals surface area contributed by atoms with Crippen LogP contribution in [0.1, 0.15) is 18.5 Å². The second-order valence-corrected chi connectivity index (χ2v) is 4.93. The van der Waals surface area contributed by atoms with Crippen molar-refractivity contribution >= 4 is 17.2 Å². The van der Waals surface area contributed by atoms with Crippen LogP contribution in [0.2, 0.25) is 0 Å². The largest absolute Gasteiger partial charge is 0.369 e. The van der Waals surface area contributed by atoms with Gasteiger partial charge in [-0.05, 0) is 25.8 Å². The molecule has 0 saturated carbocycles. The minimum Gasteiger partial charge on any atom is -0.369 e. The Labute approximate surface area is 110 Å². The van der Waals surface area contributed by atoms with Crippen LogP contribution in [-0.2, 0) is 4.79 Å². The highest BCUT2D eigenvalue weighted by atomic mass is 16.1. The first-order valence-electron chi connectivity index (χ1n) is 6.37. The molecular formula is C12H16N6O. The molecule has 1 fully saturated rings. The Morgan fingerprint density at radius 3 is 2.84 bits per heavy atom. The number of hydrogen-bond donors (Lipinski definition) is 1. The average Bonchev–Trinajstić information content (AvgIpc) is 2.85. The van der Waals surface area contributed by atoms with Gasteiger partial charge in [0.15, 0.2) is 0 Å². The van der Waals surface area contributed by atoms with E-state index in [0.717, 1.165) is 43.0 Å². The van der Waals surface area contributed by atoms with Gasteiger partial charge in [-0.25, -0.2) is 0 Å². The number of carbonyl (C=O) groups excluding carboxylic acids is 1. The Hall–Kier alpha value is -2.18. The monoisotopic (exact) mass is 260 g/mol. The van der Waals surface area contributed by atoms with E-state index in [1.807, 2.05) is 13.0 Å². The number of anilines is 1. The number of aromatic nitrogens is 4. The standard InChI is InChI=1S/C12H16N6O/c1-8-6-10(12-15-14-7-18(12)16-8)17-4-2-9(3-5-17)11(13)19/h6-7,9H,2-5H2,1H3,(H2,13,19). The van der Waals surface area contributed by atoms with Gasteiger partial charge in [-0.1, -0.05) is 0 Å². The van der Waals surface area contributed by atoms with Crippen molar-refractivity contribution < 1.29 is 4.79 Å². The molecule has 1 aliphatic rings. The molecule has 0 unspecified atom stereocenters. The van der Waals surface area contributed by atoms with Gasteiger partial charge in [0.1, 0.15) is 6.33 Å². The Balaban J connectivity index is 1.89. The third-order valence-electron chi connectivity index (χ3n) is 3.61. The number of primary amides is 1.